The third kappa shape index (κ3) is 4.41. The van der Waals surface area contributed by atoms with Gasteiger partial charge in [0.25, 0.3) is 0 Å². The van der Waals surface area contributed by atoms with Crippen LogP contribution in [0.2, 0.25) is 0 Å². The molecular weight excluding hydrogens is 364 g/mol. The van der Waals surface area contributed by atoms with Gasteiger partial charge in [0.15, 0.2) is 11.5 Å². The predicted octanol–water partition coefficient (Wildman–Crippen LogP) is 4.98. The molecule has 0 fully saturated rings. The fourth-order valence-corrected chi connectivity index (χ4v) is 3.13. The van der Waals surface area contributed by atoms with E-state index in [1.807, 2.05) is 49.5 Å². The number of nitrogens with one attached hydrogen (secondary N) is 1. The first kappa shape index (κ1) is 20.0. The number of aromatic hydroxyl groups is 2. The Morgan fingerprint density at radius 3 is 2.79 bits per heavy atom. The molecule has 0 aliphatic carbocycles. The van der Waals surface area contributed by atoms with Gasteiger partial charge in [0.2, 0.25) is 0 Å². The van der Waals surface area contributed by atoms with E-state index in [2.05, 4.69) is 16.9 Å². The summed E-state index contributed by atoms with van der Waals surface area (Å²) in [6.45, 7) is 5.67. The molecule has 0 radical (unpaired) electrons. The number of rotatable bonds is 7. The smallest absolute Gasteiger partial charge is 0.160 e. The Morgan fingerprint density at radius 1 is 1.21 bits per heavy atom. The van der Waals surface area contributed by atoms with Crippen LogP contribution in [0.3, 0.4) is 0 Å². The fraction of sp³-hybridized carbons (Fsp3) is 0.125. The number of phenolic OH excluding ortho intramolecular Hbond substituents is 2. The van der Waals surface area contributed by atoms with Crippen LogP contribution in [0.5, 0.6) is 17.2 Å². The number of hydrogen-bond acceptors (Lipinski definition) is 5. The number of fused-ring (bicyclic) bond motifs is 1. The molecule has 0 saturated heterocycles. The second-order valence-corrected chi connectivity index (χ2v) is 6.59. The fourth-order valence-electron chi connectivity index (χ4n) is 3.13. The molecule has 29 heavy (non-hydrogen) atoms. The summed E-state index contributed by atoms with van der Waals surface area (Å²) in [6.07, 6.45) is 9.02. The maximum Gasteiger partial charge on any atom is 0.160 e. The van der Waals surface area contributed by atoms with Gasteiger partial charge in [-0.05, 0) is 48.5 Å². The standard InChI is InChI=1S/C24H24N2O3/c1-4-6-16(2)12-14-26-22(18-9-11-20(27)21(15-18)29-3)19-10-8-17-7-5-13-25-23(17)24(19)28/h4-15,22,26-28H,1H2,2-3H3/b14-12?,16-6-. The lowest BCUT2D eigenvalue weighted by Crippen LogP contribution is -2.17. The number of pyridine rings is 1. The lowest BCUT2D eigenvalue weighted by molar-refractivity contribution is 0.372. The van der Waals surface area contributed by atoms with E-state index in [0.29, 0.717) is 16.8 Å². The van der Waals surface area contributed by atoms with Crippen molar-refractivity contribution in [1.29, 1.82) is 0 Å². The summed E-state index contributed by atoms with van der Waals surface area (Å²) < 4.78 is 5.26. The summed E-state index contributed by atoms with van der Waals surface area (Å²) in [7, 11) is 1.50. The Labute approximate surface area is 170 Å². The lowest BCUT2D eigenvalue weighted by Gasteiger charge is -2.21. The van der Waals surface area contributed by atoms with Crippen molar-refractivity contribution in [2.75, 3.05) is 7.11 Å². The van der Waals surface area contributed by atoms with Gasteiger partial charge in [-0.15, -0.1) is 0 Å². The van der Waals surface area contributed by atoms with Crippen molar-refractivity contribution in [3.8, 4) is 17.2 Å². The zero-order chi connectivity index (χ0) is 20.8. The average molecular weight is 388 g/mol. The number of ether oxygens (including phenoxy) is 1. The first-order valence-corrected chi connectivity index (χ1v) is 9.20. The predicted molar refractivity (Wildman–Crippen MR) is 116 cm³/mol. The molecule has 5 heteroatoms. The number of hydrogen-bond donors (Lipinski definition) is 3. The highest BCUT2D eigenvalue weighted by atomic mass is 16.5. The Hall–Kier alpha value is -3.73. The Kier molecular flexibility index (Phi) is 6.19. The maximum absolute atomic E-state index is 10.9. The molecule has 2 aromatic carbocycles. The summed E-state index contributed by atoms with van der Waals surface area (Å²) >= 11 is 0. The minimum Gasteiger partial charge on any atom is -0.505 e. The van der Waals surface area contributed by atoms with Crippen LogP contribution in [0.1, 0.15) is 24.1 Å². The zero-order valence-corrected chi connectivity index (χ0v) is 16.5. The molecule has 1 aromatic heterocycles. The molecule has 0 aliphatic rings. The van der Waals surface area contributed by atoms with Crippen molar-refractivity contribution in [2.45, 2.75) is 13.0 Å². The van der Waals surface area contributed by atoms with Crippen molar-refractivity contribution in [1.82, 2.24) is 10.3 Å². The Bertz CT molecular complexity index is 1090. The van der Waals surface area contributed by atoms with E-state index in [1.165, 1.54) is 7.11 Å². The molecule has 148 valence electrons. The molecule has 3 rings (SSSR count). The molecule has 1 heterocycles. The molecule has 3 N–H and O–H groups in total. The molecule has 3 aromatic rings. The highest BCUT2D eigenvalue weighted by Gasteiger charge is 2.20. The SMILES string of the molecule is C=C/C=C(/C)C=CNC(c1ccc(O)c(OC)c1)c1ccc2cccnc2c1O. The van der Waals surface area contributed by atoms with Gasteiger partial charge in [-0.2, -0.15) is 0 Å². The van der Waals surface area contributed by atoms with E-state index >= 15 is 0 Å². The van der Waals surface area contributed by atoms with E-state index in [1.54, 1.807) is 30.5 Å². The quantitative estimate of drug-likeness (QED) is 0.498. The second kappa shape index (κ2) is 8.97. The van der Waals surface area contributed by atoms with Gasteiger partial charge in [0.05, 0.1) is 13.2 Å². The third-order valence-corrected chi connectivity index (χ3v) is 4.62. The van der Waals surface area contributed by atoms with Crippen LogP contribution in [0.15, 0.2) is 85.2 Å². The summed E-state index contributed by atoms with van der Waals surface area (Å²) in [4.78, 5) is 4.32. The molecule has 1 unspecified atom stereocenters. The van der Waals surface area contributed by atoms with Crippen molar-refractivity contribution in [3.63, 3.8) is 0 Å². The van der Waals surface area contributed by atoms with Gasteiger partial charge in [-0.3, -0.25) is 4.98 Å². The van der Waals surface area contributed by atoms with Crippen molar-refractivity contribution in [2.24, 2.45) is 0 Å². The first-order valence-electron chi connectivity index (χ1n) is 9.20. The molecule has 0 spiro atoms. The number of aromatic nitrogens is 1. The largest absolute Gasteiger partial charge is 0.505 e. The Morgan fingerprint density at radius 2 is 2.03 bits per heavy atom. The molecular formula is C24H24N2O3. The van der Waals surface area contributed by atoms with E-state index in [-0.39, 0.29) is 17.5 Å². The van der Waals surface area contributed by atoms with Gasteiger partial charge in [-0.1, -0.05) is 43.0 Å². The lowest BCUT2D eigenvalue weighted by atomic mass is 9.96. The summed E-state index contributed by atoms with van der Waals surface area (Å²) in [5.74, 6) is 0.526. The van der Waals surface area contributed by atoms with E-state index in [0.717, 1.165) is 16.5 Å². The summed E-state index contributed by atoms with van der Waals surface area (Å²) in [5.41, 5.74) is 3.05. The monoisotopic (exact) mass is 388 g/mol. The molecule has 0 amide bonds. The van der Waals surface area contributed by atoms with Gasteiger partial charge >= 0.3 is 0 Å². The van der Waals surface area contributed by atoms with Crippen LogP contribution in [0.25, 0.3) is 10.9 Å². The van der Waals surface area contributed by atoms with Gasteiger partial charge in [0, 0.05) is 17.1 Å². The third-order valence-electron chi connectivity index (χ3n) is 4.62. The van der Waals surface area contributed by atoms with Crippen LogP contribution in [-0.2, 0) is 0 Å². The van der Waals surface area contributed by atoms with Crippen LogP contribution < -0.4 is 10.1 Å². The van der Waals surface area contributed by atoms with Crippen molar-refractivity contribution < 1.29 is 14.9 Å². The highest BCUT2D eigenvalue weighted by molar-refractivity contribution is 5.85. The van der Waals surface area contributed by atoms with Gasteiger partial charge in [0.1, 0.15) is 11.3 Å². The second-order valence-electron chi connectivity index (χ2n) is 6.59. The minimum absolute atomic E-state index is 0.0553. The van der Waals surface area contributed by atoms with E-state index < -0.39 is 0 Å². The zero-order valence-electron chi connectivity index (χ0n) is 16.5. The first-order chi connectivity index (χ1) is 14.0. The topological polar surface area (TPSA) is 74.6 Å². The molecule has 0 bridgehead atoms. The van der Waals surface area contributed by atoms with Crippen LogP contribution >= 0.6 is 0 Å². The van der Waals surface area contributed by atoms with Crippen LogP contribution in [0, 0.1) is 0 Å². The number of nitrogens with zero attached hydrogens (tertiary/aromatic N) is 1. The van der Waals surface area contributed by atoms with Crippen LogP contribution in [-0.4, -0.2) is 22.3 Å². The van der Waals surface area contributed by atoms with Gasteiger partial charge in [-0.25, -0.2) is 0 Å². The maximum atomic E-state index is 10.9. The Balaban J connectivity index is 2.09. The number of allylic oxidation sites excluding steroid dienone is 4. The molecule has 0 aliphatic heterocycles. The summed E-state index contributed by atoms with van der Waals surface area (Å²) in [6, 6.07) is 12.3. The van der Waals surface area contributed by atoms with Crippen molar-refractivity contribution >= 4 is 10.9 Å². The summed E-state index contributed by atoms with van der Waals surface area (Å²) in [5, 5.41) is 25.1. The van der Waals surface area contributed by atoms with Gasteiger partial charge < -0.3 is 20.3 Å². The van der Waals surface area contributed by atoms with E-state index in [4.69, 9.17) is 4.74 Å². The average Bonchev–Trinajstić information content (AvgIpc) is 2.73. The normalized spacial score (nSPS) is 12.8. The minimum atomic E-state index is -0.385. The van der Waals surface area contributed by atoms with Crippen LogP contribution in [0.4, 0.5) is 0 Å². The highest BCUT2D eigenvalue weighted by Crippen LogP contribution is 2.37. The van der Waals surface area contributed by atoms with Crippen molar-refractivity contribution in [3.05, 3.63) is 96.4 Å². The number of methoxy groups -OCH3 is 1. The molecule has 5 nitrogen and oxygen atoms in total. The number of benzene rings is 2. The number of phenols is 2. The molecule has 0 saturated carbocycles. The van der Waals surface area contributed by atoms with E-state index in [9.17, 15) is 10.2 Å². The molecule has 1 atom stereocenters.